The first-order valence-electron chi connectivity index (χ1n) is 5.28. The molecule has 0 atom stereocenters. The minimum Gasteiger partial charge on any atom is -0.477 e. The smallest absolute Gasteiger partial charge is 0.341 e. The molecule has 0 aliphatic rings. The quantitative estimate of drug-likeness (QED) is 0.862. The summed E-state index contributed by atoms with van der Waals surface area (Å²) < 4.78 is 14.9. The predicted molar refractivity (Wildman–Crippen MR) is 63.8 cm³/mol. The zero-order valence-electron chi connectivity index (χ0n) is 9.72. The van der Waals surface area contributed by atoms with E-state index >= 15 is 0 Å². The van der Waals surface area contributed by atoms with E-state index in [9.17, 15) is 9.18 Å². The molecular weight excluding hydrogens is 237 g/mol. The lowest BCUT2D eigenvalue weighted by Gasteiger charge is -2.05. The molecule has 0 unspecified atom stereocenters. The Kier molecular flexibility index (Phi) is 3.01. The number of carboxylic acid groups (broad SMARTS) is 1. The number of halogens is 1. The molecule has 0 radical (unpaired) electrons. The lowest BCUT2D eigenvalue weighted by molar-refractivity contribution is 0.0697. The fraction of sp³-hybridized carbons (Fsp3) is 0.167. The Morgan fingerprint density at radius 2 is 2.17 bits per heavy atom. The van der Waals surface area contributed by atoms with Crippen molar-refractivity contribution in [1.82, 2.24) is 9.78 Å². The largest absolute Gasteiger partial charge is 0.477 e. The Labute approximate surface area is 103 Å². The molecule has 6 heteroatoms. The number of benzene rings is 1. The number of carbonyl (C=O) groups is 1. The summed E-state index contributed by atoms with van der Waals surface area (Å²) in [6, 6.07) is 6.20. The molecule has 2 rings (SSSR count). The second kappa shape index (κ2) is 4.48. The van der Waals surface area contributed by atoms with Gasteiger partial charge in [0.2, 0.25) is 0 Å². The number of rotatable bonds is 3. The summed E-state index contributed by atoms with van der Waals surface area (Å²) in [4.78, 5) is 11.1. The van der Waals surface area contributed by atoms with Gasteiger partial charge in [0.05, 0.1) is 5.69 Å². The van der Waals surface area contributed by atoms with Gasteiger partial charge in [0, 0.05) is 13.5 Å². The molecule has 0 aliphatic heterocycles. The molecule has 0 spiro atoms. The van der Waals surface area contributed by atoms with Crippen LogP contribution in [-0.4, -0.2) is 20.9 Å². The van der Waals surface area contributed by atoms with E-state index in [1.807, 2.05) is 0 Å². The van der Waals surface area contributed by atoms with Crippen molar-refractivity contribution in [3.63, 3.8) is 0 Å². The SMILES string of the molecule is Cn1nc(N)c(C(=O)O)c1Cc1ccccc1F. The Morgan fingerprint density at radius 3 is 2.78 bits per heavy atom. The third-order valence-corrected chi connectivity index (χ3v) is 2.72. The predicted octanol–water partition coefficient (Wildman–Crippen LogP) is 1.43. The van der Waals surface area contributed by atoms with Crippen LogP contribution in [-0.2, 0) is 13.5 Å². The molecule has 0 saturated heterocycles. The number of nitrogens with two attached hydrogens (primary N) is 1. The molecule has 0 amide bonds. The maximum atomic E-state index is 13.5. The first-order chi connectivity index (χ1) is 8.50. The van der Waals surface area contributed by atoms with E-state index in [2.05, 4.69) is 5.10 Å². The van der Waals surface area contributed by atoms with Crippen molar-refractivity contribution >= 4 is 11.8 Å². The summed E-state index contributed by atoms with van der Waals surface area (Å²) in [5.74, 6) is -1.60. The lowest BCUT2D eigenvalue weighted by atomic mass is 10.1. The molecule has 0 saturated carbocycles. The number of carboxylic acids is 1. The average Bonchev–Trinajstić information content (AvgIpc) is 2.57. The van der Waals surface area contributed by atoms with Gasteiger partial charge in [-0.1, -0.05) is 18.2 Å². The Bertz CT molecular complexity index is 607. The topological polar surface area (TPSA) is 81.1 Å². The molecular formula is C12H12FN3O2. The molecule has 0 aliphatic carbocycles. The summed E-state index contributed by atoms with van der Waals surface area (Å²) in [5.41, 5.74) is 6.24. The van der Waals surface area contributed by atoms with Crippen LogP contribution in [0.15, 0.2) is 24.3 Å². The average molecular weight is 249 g/mol. The van der Waals surface area contributed by atoms with Crippen LogP contribution in [0.1, 0.15) is 21.6 Å². The number of nitrogens with zero attached hydrogens (tertiary/aromatic N) is 2. The minimum absolute atomic E-state index is 0.0589. The van der Waals surface area contributed by atoms with Crippen molar-refractivity contribution in [1.29, 1.82) is 0 Å². The van der Waals surface area contributed by atoms with Gasteiger partial charge in [-0.25, -0.2) is 9.18 Å². The fourth-order valence-corrected chi connectivity index (χ4v) is 1.84. The summed E-state index contributed by atoms with van der Waals surface area (Å²) in [5, 5.41) is 12.9. The molecule has 94 valence electrons. The Hall–Kier alpha value is -2.37. The number of aromatic nitrogens is 2. The van der Waals surface area contributed by atoms with Crippen LogP contribution in [0.2, 0.25) is 0 Å². The monoisotopic (exact) mass is 249 g/mol. The standard InChI is InChI=1S/C12H12FN3O2/c1-16-9(10(12(17)18)11(14)15-16)6-7-4-2-3-5-8(7)13/h2-5H,6H2,1H3,(H2,14,15)(H,17,18). The summed E-state index contributed by atoms with van der Waals surface area (Å²) >= 11 is 0. The number of aromatic carboxylic acids is 1. The highest BCUT2D eigenvalue weighted by atomic mass is 19.1. The van der Waals surface area contributed by atoms with E-state index in [1.54, 1.807) is 25.2 Å². The van der Waals surface area contributed by atoms with Gasteiger partial charge >= 0.3 is 5.97 Å². The maximum Gasteiger partial charge on any atom is 0.341 e. The van der Waals surface area contributed by atoms with Crippen molar-refractivity contribution in [2.45, 2.75) is 6.42 Å². The number of aryl methyl sites for hydroxylation is 1. The van der Waals surface area contributed by atoms with Gasteiger partial charge in [-0.15, -0.1) is 0 Å². The Balaban J connectivity index is 2.47. The van der Waals surface area contributed by atoms with E-state index in [0.29, 0.717) is 11.3 Å². The number of anilines is 1. The van der Waals surface area contributed by atoms with Gasteiger partial charge < -0.3 is 10.8 Å². The molecule has 1 aromatic carbocycles. The van der Waals surface area contributed by atoms with E-state index < -0.39 is 5.97 Å². The van der Waals surface area contributed by atoms with Crippen LogP contribution in [0.25, 0.3) is 0 Å². The molecule has 0 fully saturated rings. The van der Waals surface area contributed by atoms with Crippen molar-refractivity contribution < 1.29 is 14.3 Å². The van der Waals surface area contributed by atoms with Crippen LogP contribution in [0.3, 0.4) is 0 Å². The minimum atomic E-state index is -1.16. The number of nitrogen functional groups attached to an aromatic ring is 1. The van der Waals surface area contributed by atoms with E-state index in [1.165, 1.54) is 10.7 Å². The molecule has 1 aromatic heterocycles. The Morgan fingerprint density at radius 1 is 1.50 bits per heavy atom. The summed E-state index contributed by atoms with van der Waals surface area (Å²) in [6.45, 7) is 0. The van der Waals surface area contributed by atoms with E-state index in [-0.39, 0.29) is 23.6 Å². The second-order valence-electron chi connectivity index (χ2n) is 3.90. The highest BCUT2D eigenvalue weighted by Crippen LogP contribution is 2.20. The van der Waals surface area contributed by atoms with Crippen molar-refractivity contribution in [3.8, 4) is 0 Å². The first-order valence-corrected chi connectivity index (χ1v) is 5.28. The molecule has 1 heterocycles. The van der Waals surface area contributed by atoms with Crippen LogP contribution in [0.5, 0.6) is 0 Å². The zero-order chi connectivity index (χ0) is 13.3. The van der Waals surface area contributed by atoms with E-state index in [4.69, 9.17) is 10.8 Å². The van der Waals surface area contributed by atoms with Crippen LogP contribution < -0.4 is 5.73 Å². The van der Waals surface area contributed by atoms with Crippen molar-refractivity contribution in [3.05, 3.63) is 46.9 Å². The molecule has 2 aromatic rings. The summed E-state index contributed by atoms with van der Waals surface area (Å²) in [7, 11) is 1.58. The maximum absolute atomic E-state index is 13.5. The number of hydrogen-bond acceptors (Lipinski definition) is 3. The van der Waals surface area contributed by atoms with Crippen molar-refractivity contribution in [2.75, 3.05) is 5.73 Å². The molecule has 0 bridgehead atoms. The van der Waals surface area contributed by atoms with Gasteiger partial charge in [-0.3, -0.25) is 4.68 Å². The lowest BCUT2D eigenvalue weighted by Crippen LogP contribution is -2.07. The first kappa shape index (κ1) is 12.1. The van der Waals surface area contributed by atoms with Gasteiger partial charge in [0.1, 0.15) is 11.4 Å². The third kappa shape index (κ3) is 2.04. The molecule has 3 N–H and O–H groups in total. The van der Waals surface area contributed by atoms with Crippen LogP contribution in [0.4, 0.5) is 10.2 Å². The van der Waals surface area contributed by atoms with Gasteiger partial charge in [-0.05, 0) is 11.6 Å². The summed E-state index contributed by atoms with van der Waals surface area (Å²) in [6.07, 6.45) is 0.134. The van der Waals surface area contributed by atoms with Crippen LogP contribution >= 0.6 is 0 Å². The molecule has 5 nitrogen and oxygen atoms in total. The third-order valence-electron chi connectivity index (χ3n) is 2.72. The van der Waals surface area contributed by atoms with Gasteiger partial charge in [-0.2, -0.15) is 5.10 Å². The van der Waals surface area contributed by atoms with Crippen LogP contribution in [0, 0.1) is 5.82 Å². The van der Waals surface area contributed by atoms with Gasteiger partial charge in [0.15, 0.2) is 5.82 Å². The highest BCUT2D eigenvalue weighted by Gasteiger charge is 2.21. The second-order valence-corrected chi connectivity index (χ2v) is 3.90. The fourth-order valence-electron chi connectivity index (χ4n) is 1.84. The van der Waals surface area contributed by atoms with Crippen molar-refractivity contribution in [2.24, 2.45) is 7.05 Å². The highest BCUT2D eigenvalue weighted by molar-refractivity contribution is 5.94. The zero-order valence-corrected chi connectivity index (χ0v) is 9.72. The van der Waals surface area contributed by atoms with E-state index in [0.717, 1.165) is 0 Å². The number of hydrogen-bond donors (Lipinski definition) is 2. The normalized spacial score (nSPS) is 10.6. The van der Waals surface area contributed by atoms with Gasteiger partial charge in [0.25, 0.3) is 0 Å². The molecule has 18 heavy (non-hydrogen) atoms.